The van der Waals surface area contributed by atoms with Crippen molar-refractivity contribution < 1.29 is 4.74 Å². The molecule has 0 spiro atoms. The zero-order valence-corrected chi connectivity index (χ0v) is 10.2. The summed E-state index contributed by atoms with van der Waals surface area (Å²) in [7, 11) is 0. The Hall–Kier alpha value is -2.56. The number of aromatic nitrogens is 3. The van der Waals surface area contributed by atoms with E-state index < -0.39 is 0 Å². The number of nitrogens with one attached hydrogen (secondary N) is 1. The largest absolute Gasteiger partial charge is 0.490 e. The maximum absolute atomic E-state index is 5.57. The van der Waals surface area contributed by atoms with Crippen LogP contribution in [0.1, 0.15) is 0 Å². The van der Waals surface area contributed by atoms with E-state index in [1.54, 1.807) is 12.4 Å². The van der Waals surface area contributed by atoms with Crippen molar-refractivity contribution in [1.82, 2.24) is 14.4 Å². The zero-order valence-electron chi connectivity index (χ0n) is 10.2. The van der Waals surface area contributed by atoms with Crippen LogP contribution < -0.4 is 10.1 Å². The van der Waals surface area contributed by atoms with E-state index in [0.717, 1.165) is 34.9 Å². The van der Waals surface area contributed by atoms with Crippen molar-refractivity contribution in [2.75, 3.05) is 18.5 Å². The van der Waals surface area contributed by atoms with Crippen LogP contribution in [0.15, 0.2) is 43.0 Å². The highest BCUT2D eigenvalue weighted by Crippen LogP contribution is 2.31. The second-order valence-electron chi connectivity index (χ2n) is 4.45. The van der Waals surface area contributed by atoms with Gasteiger partial charge in [-0.25, -0.2) is 4.98 Å². The van der Waals surface area contributed by atoms with Gasteiger partial charge in [0.25, 0.3) is 0 Å². The van der Waals surface area contributed by atoms with Gasteiger partial charge in [-0.05, 0) is 18.2 Å². The SMILES string of the molecule is c1cn2cc(-c3ccc4c(c3)NCCO4)ncc2n1. The van der Waals surface area contributed by atoms with Crippen molar-refractivity contribution in [2.45, 2.75) is 0 Å². The molecule has 1 aliphatic rings. The van der Waals surface area contributed by atoms with Gasteiger partial charge in [0.15, 0.2) is 5.65 Å². The first kappa shape index (κ1) is 10.4. The van der Waals surface area contributed by atoms with Crippen LogP contribution in [0.4, 0.5) is 5.69 Å². The first-order valence-corrected chi connectivity index (χ1v) is 6.20. The van der Waals surface area contributed by atoms with Crippen LogP contribution in [0.5, 0.6) is 5.75 Å². The van der Waals surface area contributed by atoms with Crippen LogP contribution in [0, 0.1) is 0 Å². The lowest BCUT2D eigenvalue weighted by Crippen LogP contribution is -2.17. The van der Waals surface area contributed by atoms with Gasteiger partial charge in [-0.3, -0.25) is 4.98 Å². The van der Waals surface area contributed by atoms with Gasteiger partial charge in [-0.2, -0.15) is 0 Å². The zero-order chi connectivity index (χ0) is 12.7. The molecule has 0 unspecified atom stereocenters. The van der Waals surface area contributed by atoms with Gasteiger partial charge in [-0.1, -0.05) is 0 Å². The Kier molecular flexibility index (Phi) is 2.17. The third-order valence-electron chi connectivity index (χ3n) is 3.23. The van der Waals surface area contributed by atoms with E-state index in [2.05, 4.69) is 21.4 Å². The van der Waals surface area contributed by atoms with Gasteiger partial charge in [0.2, 0.25) is 0 Å². The van der Waals surface area contributed by atoms with Crippen molar-refractivity contribution >= 4 is 11.3 Å². The maximum Gasteiger partial charge on any atom is 0.155 e. The van der Waals surface area contributed by atoms with Crippen molar-refractivity contribution in [1.29, 1.82) is 0 Å². The number of ether oxygens (including phenoxy) is 1. The van der Waals surface area contributed by atoms with E-state index in [1.165, 1.54) is 0 Å². The second-order valence-corrected chi connectivity index (χ2v) is 4.45. The van der Waals surface area contributed by atoms with E-state index >= 15 is 0 Å². The summed E-state index contributed by atoms with van der Waals surface area (Å²) in [5.74, 6) is 0.902. The Bertz CT molecular complexity index is 750. The van der Waals surface area contributed by atoms with Crippen LogP contribution in [0.25, 0.3) is 16.9 Å². The molecule has 3 heterocycles. The lowest BCUT2D eigenvalue weighted by atomic mass is 10.1. The van der Waals surface area contributed by atoms with Crippen LogP contribution in [-0.2, 0) is 0 Å². The van der Waals surface area contributed by atoms with E-state index in [9.17, 15) is 0 Å². The molecule has 1 N–H and O–H groups in total. The van der Waals surface area contributed by atoms with E-state index in [1.807, 2.05) is 28.9 Å². The molecule has 2 aromatic heterocycles. The minimum Gasteiger partial charge on any atom is -0.490 e. The fourth-order valence-corrected chi connectivity index (χ4v) is 2.28. The predicted molar refractivity (Wildman–Crippen MR) is 72.4 cm³/mol. The highest BCUT2D eigenvalue weighted by Gasteiger charge is 2.11. The molecular formula is C14H12N4O. The highest BCUT2D eigenvalue weighted by molar-refractivity contribution is 5.70. The van der Waals surface area contributed by atoms with Crippen LogP contribution in [0.2, 0.25) is 0 Å². The number of hydrogen-bond donors (Lipinski definition) is 1. The number of rotatable bonds is 1. The molecule has 0 radical (unpaired) electrons. The summed E-state index contributed by atoms with van der Waals surface area (Å²) in [6.07, 6.45) is 7.44. The fraction of sp³-hybridized carbons (Fsp3) is 0.143. The van der Waals surface area contributed by atoms with E-state index in [0.29, 0.717) is 6.61 Å². The molecule has 94 valence electrons. The lowest BCUT2D eigenvalue weighted by Gasteiger charge is -2.19. The number of imidazole rings is 1. The first-order valence-electron chi connectivity index (χ1n) is 6.20. The summed E-state index contributed by atoms with van der Waals surface area (Å²) in [4.78, 5) is 8.64. The van der Waals surface area contributed by atoms with Gasteiger partial charge >= 0.3 is 0 Å². The van der Waals surface area contributed by atoms with Crippen LogP contribution in [-0.4, -0.2) is 27.5 Å². The molecule has 0 atom stereocenters. The summed E-state index contributed by atoms with van der Waals surface area (Å²) in [5.41, 5.74) is 3.85. The van der Waals surface area contributed by atoms with Gasteiger partial charge in [-0.15, -0.1) is 0 Å². The molecule has 5 heteroatoms. The maximum atomic E-state index is 5.57. The lowest BCUT2D eigenvalue weighted by molar-refractivity contribution is 0.323. The summed E-state index contributed by atoms with van der Waals surface area (Å²) >= 11 is 0. The van der Waals surface area contributed by atoms with Gasteiger partial charge in [0, 0.05) is 30.7 Å². The molecule has 0 fully saturated rings. The number of anilines is 1. The molecular weight excluding hydrogens is 240 g/mol. The topological polar surface area (TPSA) is 51.5 Å². The molecule has 0 saturated carbocycles. The van der Waals surface area contributed by atoms with Crippen molar-refractivity contribution in [3.05, 3.63) is 43.0 Å². The van der Waals surface area contributed by atoms with Gasteiger partial charge in [0.1, 0.15) is 12.4 Å². The van der Waals surface area contributed by atoms with Crippen molar-refractivity contribution in [3.63, 3.8) is 0 Å². The van der Waals surface area contributed by atoms with Crippen LogP contribution >= 0.6 is 0 Å². The minimum atomic E-state index is 0.714. The molecule has 3 aromatic rings. The average Bonchev–Trinajstić information content (AvgIpc) is 2.94. The molecule has 19 heavy (non-hydrogen) atoms. The van der Waals surface area contributed by atoms with E-state index in [-0.39, 0.29) is 0 Å². The Labute approximate surface area is 109 Å². The number of fused-ring (bicyclic) bond motifs is 2. The summed E-state index contributed by atoms with van der Waals surface area (Å²) in [6, 6.07) is 6.08. The standard InChI is InChI=1S/C14H12N4O/c1-2-13-11(15-4-6-19-13)7-10(1)12-9-18-5-3-16-14(18)8-17-12/h1-3,5,7-9,15H,4,6H2. The quantitative estimate of drug-likeness (QED) is 0.721. The third-order valence-corrected chi connectivity index (χ3v) is 3.23. The van der Waals surface area contributed by atoms with Gasteiger partial charge < -0.3 is 14.5 Å². The van der Waals surface area contributed by atoms with Crippen LogP contribution in [0.3, 0.4) is 0 Å². The van der Waals surface area contributed by atoms with Gasteiger partial charge in [0.05, 0.1) is 17.6 Å². The van der Waals surface area contributed by atoms with Crippen molar-refractivity contribution in [2.24, 2.45) is 0 Å². The van der Waals surface area contributed by atoms with Crippen molar-refractivity contribution in [3.8, 4) is 17.0 Å². The monoisotopic (exact) mass is 252 g/mol. The minimum absolute atomic E-state index is 0.714. The Morgan fingerprint density at radius 2 is 2.26 bits per heavy atom. The molecule has 0 amide bonds. The third kappa shape index (κ3) is 1.71. The molecule has 1 aromatic carbocycles. The predicted octanol–water partition coefficient (Wildman–Crippen LogP) is 2.20. The Morgan fingerprint density at radius 1 is 1.26 bits per heavy atom. The Morgan fingerprint density at radius 3 is 3.26 bits per heavy atom. The molecule has 0 saturated heterocycles. The highest BCUT2D eigenvalue weighted by atomic mass is 16.5. The number of nitrogens with zero attached hydrogens (tertiary/aromatic N) is 3. The molecule has 0 bridgehead atoms. The summed E-state index contributed by atoms with van der Waals surface area (Å²) in [5, 5.41) is 3.33. The molecule has 0 aliphatic carbocycles. The number of hydrogen-bond acceptors (Lipinski definition) is 4. The normalized spacial score (nSPS) is 13.7. The van der Waals surface area contributed by atoms with E-state index in [4.69, 9.17) is 4.74 Å². The smallest absolute Gasteiger partial charge is 0.155 e. The number of benzene rings is 1. The fourth-order valence-electron chi connectivity index (χ4n) is 2.28. The first-order chi connectivity index (χ1) is 9.40. The summed E-state index contributed by atoms with van der Waals surface area (Å²) < 4.78 is 7.54. The molecule has 4 rings (SSSR count). The summed E-state index contributed by atoms with van der Waals surface area (Å²) in [6.45, 7) is 1.55. The Balaban J connectivity index is 1.82. The average molecular weight is 252 g/mol. The molecule has 5 nitrogen and oxygen atoms in total. The molecule has 1 aliphatic heterocycles. The second kappa shape index (κ2) is 3.98.